The van der Waals surface area contributed by atoms with E-state index in [2.05, 4.69) is 5.10 Å². The molecule has 0 saturated carbocycles. The molecular weight excluding hydrogens is 310 g/mol. The van der Waals surface area contributed by atoms with Crippen LogP contribution in [0.1, 0.15) is 32.6 Å². The third kappa shape index (κ3) is 3.71. The number of aryl methyl sites for hydroxylation is 1. The van der Waals surface area contributed by atoms with Gasteiger partial charge in [0.05, 0.1) is 36.2 Å². The zero-order valence-corrected chi connectivity index (χ0v) is 14.0. The van der Waals surface area contributed by atoms with E-state index in [0.717, 1.165) is 0 Å². The second-order valence-electron chi connectivity index (χ2n) is 6.26. The molecule has 0 aromatic carbocycles. The Morgan fingerprint density at radius 2 is 2.27 bits per heavy atom. The van der Waals surface area contributed by atoms with Crippen molar-refractivity contribution in [1.82, 2.24) is 14.7 Å². The van der Waals surface area contributed by atoms with Gasteiger partial charge in [0, 0.05) is 13.6 Å². The molecule has 2 unspecified atom stereocenters. The quantitative estimate of drug-likeness (QED) is 0.893. The minimum atomic E-state index is -1.01. The van der Waals surface area contributed by atoms with Crippen molar-refractivity contribution >= 4 is 17.7 Å². The van der Waals surface area contributed by atoms with Crippen molar-refractivity contribution in [3.05, 3.63) is 16.9 Å². The zero-order valence-electron chi connectivity index (χ0n) is 13.2. The molecule has 1 aliphatic rings. The molecule has 2 heterocycles. The molecule has 1 fully saturated rings. The lowest BCUT2D eigenvalue weighted by molar-refractivity contribution is -0.0687. The van der Waals surface area contributed by atoms with Crippen LogP contribution in [0, 0.1) is 0 Å². The van der Waals surface area contributed by atoms with E-state index in [4.69, 9.17) is 21.1 Å². The molecule has 1 amide bonds. The fourth-order valence-corrected chi connectivity index (χ4v) is 2.64. The molecule has 2 atom stereocenters. The van der Waals surface area contributed by atoms with Gasteiger partial charge < -0.3 is 14.6 Å². The summed E-state index contributed by atoms with van der Waals surface area (Å²) >= 11 is 6.07. The summed E-state index contributed by atoms with van der Waals surface area (Å²) in [5.41, 5.74) is -0.152. The summed E-state index contributed by atoms with van der Waals surface area (Å²) in [6.07, 6.45) is -0.0207. The lowest BCUT2D eigenvalue weighted by atomic mass is 10.1. The molecule has 22 heavy (non-hydrogen) atoms. The molecule has 2 rings (SSSR count). The van der Waals surface area contributed by atoms with E-state index in [1.807, 2.05) is 0 Å². The van der Waals surface area contributed by atoms with Gasteiger partial charge in [0.15, 0.2) is 0 Å². The number of aromatic nitrogens is 2. The van der Waals surface area contributed by atoms with Crippen molar-refractivity contribution in [2.24, 2.45) is 7.05 Å². The summed E-state index contributed by atoms with van der Waals surface area (Å²) in [6.45, 7) is 6.37. The Morgan fingerprint density at radius 1 is 1.59 bits per heavy atom. The zero-order chi connectivity index (χ0) is 16.5. The number of amides is 1. The molecule has 8 heteroatoms. The molecule has 124 valence electrons. The number of carbonyl (C=O) groups excluding carboxylic acids is 1. The van der Waals surface area contributed by atoms with Crippen molar-refractivity contribution in [2.75, 3.05) is 19.8 Å². The third-order valence-corrected chi connectivity index (χ3v) is 3.67. The van der Waals surface area contributed by atoms with Crippen molar-refractivity contribution in [3.8, 4) is 0 Å². The van der Waals surface area contributed by atoms with E-state index in [1.165, 1.54) is 15.8 Å². The van der Waals surface area contributed by atoms with E-state index >= 15 is 0 Å². The summed E-state index contributed by atoms with van der Waals surface area (Å²) in [5.74, 6) is 0. The smallest absolute Gasteiger partial charge is 0.410 e. The van der Waals surface area contributed by atoms with Crippen LogP contribution >= 0.6 is 11.6 Å². The Kier molecular flexibility index (Phi) is 4.99. The Morgan fingerprint density at radius 3 is 2.82 bits per heavy atom. The molecule has 1 saturated heterocycles. The van der Waals surface area contributed by atoms with Gasteiger partial charge in [0.1, 0.15) is 11.7 Å². The van der Waals surface area contributed by atoms with Crippen molar-refractivity contribution in [1.29, 1.82) is 0 Å². The highest BCUT2D eigenvalue weighted by Gasteiger charge is 2.37. The van der Waals surface area contributed by atoms with Gasteiger partial charge in [-0.05, 0) is 20.8 Å². The summed E-state index contributed by atoms with van der Waals surface area (Å²) in [4.78, 5) is 13.8. The van der Waals surface area contributed by atoms with Crippen LogP contribution in [0.4, 0.5) is 4.79 Å². The molecule has 1 aliphatic heterocycles. The first-order valence-electron chi connectivity index (χ1n) is 7.13. The molecule has 1 aromatic rings. The molecule has 1 N–H and O–H groups in total. The maximum Gasteiger partial charge on any atom is 0.410 e. The fraction of sp³-hybridized carbons (Fsp3) is 0.714. The Bertz CT molecular complexity index is 521. The number of halogens is 1. The molecular formula is C14H22ClN3O4. The summed E-state index contributed by atoms with van der Waals surface area (Å²) in [5, 5.41) is 15.0. The van der Waals surface area contributed by atoms with Gasteiger partial charge in [0.2, 0.25) is 0 Å². The second-order valence-corrected chi connectivity index (χ2v) is 6.67. The third-order valence-electron chi connectivity index (χ3n) is 3.38. The maximum absolute atomic E-state index is 12.3. The highest BCUT2D eigenvalue weighted by Crippen LogP contribution is 2.29. The van der Waals surface area contributed by atoms with E-state index in [-0.39, 0.29) is 6.61 Å². The van der Waals surface area contributed by atoms with Gasteiger partial charge in [-0.3, -0.25) is 9.58 Å². The van der Waals surface area contributed by atoms with Crippen LogP contribution in [0.5, 0.6) is 0 Å². The summed E-state index contributed by atoms with van der Waals surface area (Å²) in [7, 11) is 1.69. The van der Waals surface area contributed by atoms with Crippen LogP contribution in [0.15, 0.2) is 6.20 Å². The van der Waals surface area contributed by atoms with Crippen LogP contribution < -0.4 is 0 Å². The van der Waals surface area contributed by atoms with E-state index in [9.17, 15) is 9.90 Å². The Hall–Kier alpha value is -1.31. The summed E-state index contributed by atoms with van der Waals surface area (Å²) in [6, 6.07) is -0.573. The van der Waals surface area contributed by atoms with Gasteiger partial charge in [-0.1, -0.05) is 11.6 Å². The molecule has 1 aromatic heterocycles. The number of aliphatic hydroxyl groups is 1. The number of aliphatic hydroxyl groups excluding tert-OH is 1. The van der Waals surface area contributed by atoms with Crippen LogP contribution in [-0.2, 0) is 16.5 Å². The number of nitrogens with zero attached hydrogens (tertiary/aromatic N) is 3. The molecule has 0 bridgehead atoms. The number of ether oxygens (including phenoxy) is 2. The van der Waals surface area contributed by atoms with Gasteiger partial charge in [0.25, 0.3) is 0 Å². The number of rotatable bonds is 2. The van der Waals surface area contributed by atoms with E-state index in [0.29, 0.717) is 23.9 Å². The normalized spacial score (nSPS) is 20.8. The minimum Gasteiger partial charge on any atom is -0.444 e. The predicted molar refractivity (Wildman–Crippen MR) is 80.7 cm³/mol. The number of hydrogen-bond donors (Lipinski definition) is 1. The standard InChI is InChI=1S/C14H22ClN3O4/c1-14(2,3)22-13(20)18-5-6-21-8-10(18)12(19)11-9(15)7-16-17(11)4/h7,10,12,19H,5-6,8H2,1-4H3. The van der Waals surface area contributed by atoms with Gasteiger partial charge in [-0.15, -0.1) is 0 Å². The van der Waals surface area contributed by atoms with Crippen LogP contribution in [0.3, 0.4) is 0 Å². The first-order chi connectivity index (χ1) is 10.2. The van der Waals surface area contributed by atoms with Gasteiger partial charge in [-0.25, -0.2) is 4.79 Å². The highest BCUT2D eigenvalue weighted by molar-refractivity contribution is 6.31. The SMILES string of the molecule is Cn1ncc(Cl)c1C(O)C1COCCN1C(=O)OC(C)(C)C. The van der Waals surface area contributed by atoms with Gasteiger partial charge in [-0.2, -0.15) is 5.10 Å². The van der Waals surface area contributed by atoms with Crippen LogP contribution in [0.25, 0.3) is 0 Å². The van der Waals surface area contributed by atoms with Crippen molar-refractivity contribution in [3.63, 3.8) is 0 Å². The lowest BCUT2D eigenvalue weighted by Gasteiger charge is -2.38. The van der Waals surface area contributed by atoms with E-state index in [1.54, 1.807) is 27.8 Å². The topological polar surface area (TPSA) is 76.8 Å². The van der Waals surface area contributed by atoms with Crippen molar-refractivity contribution < 1.29 is 19.4 Å². The number of carbonyl (C=O) groups is 1. The van der Waals surface area contributed by atoms with Crippen LogP contribution in [0.2, 0.25) is 5.02 Å². The molecule has 7 nitrogen and oxygen atoms in total. The second kappa shape index (κ2) is 6.44. The largest absolute Gasteiger partial charge is 0.444 e. The highest BCUT2D eigenvalue weighted by atomic mass is 35.5. The lowest BCUT2D eigenvalue weighted by Crippen LogP contribution is -2.53. The number of hydrogen-bond acceptors (Lipinski definition) is 5. The Balaban J connectivity index is 2.21. The average Bonchev–Trinajstić information content (AvgIpc) is 2.75. The molecule has 0 aliphatic carbocycles. The van der Waals surface area contributed by atoms with Crippen molar-refractivity contribution in [2.45, 2.75) is 38.5 Å². The Labute approximate surface area is 134 Å². The number of morpholine rings is 1. The van der Waals surface area contributed by atoms with E-state index < -0.39 is 23.8 Å². The first-order valence-corrected chi connectivity index (χ1v) is 7.51. The van der Waals surface area contributed by atoms with Gasteiger partial charge >= 0.3 is 6.09 Å². The fourth-order valence-electron chi connectivity index (χ4n) is 2.37. The molecule has 0 spiro atoms. The minimum absolute atomic E-state index is 0.210. The maximum atomic E-state index is 12.3. The molecule has 0 radical (unpaired) electrons. The first kappa shape index (κ1) is 17.1. The predicted octanol–water partition coefficient (Wildman–Crippen LogP) is 1.74. The average molecular weight is 332 g/mol. The monoisotopic (exact) mass is 331 g/mol. The summed E-state index contributed by atoms with van der Waals surface area (Å²) < 4.78 is 12.3. The van der Waals surface area contributed by atoms with Crippen LogP contribution in [-0.4, -0.2) is 57.3 Å².